The predicted octanol–water partition coefficient (Wildman–Crippen LogP) is 0.949. The van der Waals surface area contributed by atoms with Crippen molar-refractivity contribution in [3.05, 3.63) is 33.9 Å². The van der Waals surface area contributed by atoms with Gasteiger partial charge in [-0.2, -0.15) is 13.1 Å². The van der Waals surface area contributed by atoms with Crippen molar-refractivity contribution in [1.82, 2.24) is 4.72 Å². The third-order valence-corrected chi connectivity index (χ3v) is 3.30. The lowest BCUT2D eigenvalue weighted by atomic mass is 10.2. The van der Waals surface area contributed by atoms with E-state index in [9.17, 15) is 23.3 Å². The Morgan fingerprint density at radius 2 is 2.10 bits per heavy atom. The minimum Gasteiger partial charge on any atom is -0.478 e. The number of aromatic carboxylic acids is 1. The van der Waals surface area contributed by atoms with Crippen molar-refractivity contribution in [1.29, 1.82) is 0 Å². The third kappa shape index (κ3) is 4.17. The summed E-state index contributed by atoms with van der Waals surface area (Å²) in [5, 5.41) is 19.6. The van der Waals surface area contributed by atoms with Crippen LogP contribution >= 0.6 is 0 Å². The highest BCUT2D eigenvalue weighted by Gasteiger charge is 2.20. The van der Waals surface area contributed by atoms with Gasteiger partial charge in [-0.15, -0.1) is 0 Å². The molecule has 0 heterocycles. The minimum atomic E-state index is -3.94. The SMILES string of the molecule is CCCNS(=O)(=O)Nc1ccc(C(=O)O)cc1[N+](=O)[O-]. The Balaban J connectivity index is 3.12. The molecule has 0 fully saturated rings. The van der Waals surface area contributed by atoms with E-state index in [0.29, 0.717) is 6.42 Å². The zero-order valence-electron chi connectivity index (χ0n) is 10.5. The van der Waals surface area contributed by atoms with E-state index >= 15 is 0 Å². The van der Waals surface area contributed by atoms with Crippen molar-refractivity contribution in [2.75, 3.05) is 11.3 Å². The van der Waals surface area contributed by atoms with E-state index in [1.807, 2.05) is 4.72 Å². The molecule has 1 aromatic carbocycles. The molecule has 0 amide bonds. The molecule has 3 N–H and O–H groups in total. The van der Waals surface area contributed by atoms with Gasteiger partial charge in [-0.1, -0.05) is 6.92 Å². The van der Waals surface area contributed by atoms with E-state index < -0.39 is 26.8 Å². The van der Waals surface area contributed by atoms with Gasteiger partial charge in [0.2, 0.25) is 0 Å². The number of anilines is 1. The summed E-state index contributed by atoms with van der Waals surface area (Å²) in [6.45, 7) is 1.93. The van der Waals surface area contributed by atoms with Crippen LogP contribution in [0.5, 0.6) is 0 Å². The first kappa shape index (κ1) is 15.9. The van der Waals surface area contributed by atoms with E-state index in [2.05, 4.69) is 4.72 Å². The van der Waals surface area contributed by atoms with Crippen LogP contribution in [0.15, 0.2) is 18.2 Å². The van der Waals surface area contributed by atoms with E-state index in [4.69, 9.17) is 5.11 Å². The molecule has 0 saturated carbocycles. The first-order valence-corrected chi connectivity index (χ1v) is 7.04. The molecule has 1 aromatic rings. The molecule has 0 radical (unpaired) electrons. The van der Waals surface area contributed by atoms with Crippen LogP contribution in [0.4, 0.5) is 11.4 Å². The molecule has 9 nitrogen and oxygen atoms in total. The Labute approximate surface area is 114 Å². The van der Waals surface area contributed by atoms with Gasteiger partial charge >= 0.3 is 5.97 Å². The molecule has 20 heavy (non-hydrogen) atoms. The summed E-state index contributed by atoms with van der Waals surface area (Å²) >= 11 is 0. The molecule has 0 aliphatic carbocycles. The van der Waals surface area contributed by atoms with Crippen LogP contribution in [-0.4, -0.2) is 31.0 Å². The molecule has 0 aromatic heterocycles. The number of carboxylic acids is 1. The third-order valence-electron chi connectivity index (χ3n) is 2.23. The molecule has 0 unspecified atom stereocenters. The Bertz CT molecular complexity index is 628. The van der Waals surface area contributed by atoms with Crippen molar-refractivity contribution in [2.45, 2.75) is 13.3 Å². The summed E-state index contributed by atoms with van der Waals surface area (Å²) in [7, 11) is -3.94. The monoisotopic (exact) mass is 303 g/mol. The number of nitro benzene ring substituents is 1. The van der Waals surface area contributed by atoms with Crippen molar-refractivity contribution in [2.24, 2.45) is 0 Å². The second-order valence-corrected chi connectivity index (χ2v) is 5.29. The van der Waals surface area contributed by atoms with E-state index in [1.165, 1.54) is 0 Å². The lowest BCUT2D eigenvalue weighted by Crippen LogP contribution is -2.30. The highest BCUT2D eigenvalue weighted by atomic mass is 32.2. The molecule has 0 aliphatic heterocycles. The van der Waals surface area contributed by atoms with Crippen LogP contribution in [0.25, 0.3) is 0 Å². The van der Waals surface area contributed by atoms with E-state index in [-0.39, 0.29) is 17.8 Å². The molecule has 0 saturated heterocycles. The van der Waals surface area contributed by atoms with Crippen LogP contribution < -0.4 is 9.44 Å². The first-order chi connectivity index (χ1) is 9.26. The highest BCUT2D eigenvalue weighted by molar-refractivity contribution is 7.90. The molecule has 1 rings (SSSR count). The fourth-order valence-corrected chi connectivity index (χ4v) is 2.33. The fourth-order valence-electron chi connectivity index (χ4n) is 1.32. The zero-order valence-corrected chi connectivity index (χ0v) is 11.3. The molecular formula is C10H13N3O6S. The predicted molar refractivity (Wildman–Crippen MR) is 70.9 cm³/mol. The van der Waals surface area contributed by atoms with E-state index in [1.54, 1.807) is 6.92 Å². The lowest BCUT2D eigenvalue weighted by molar-refractivity contribution is -0.383. The lowest BCUT2D eigenvalue weighted by Gasteiger charge is -2.09. The maximum absolute atomic E-state index is 11.6. The molecule has 0 aliphatic rings. The van der Waals surface area contributed by atoms with Gasteiger partial charge in [0, 0.05) is 12.6 Å². The maximum Gasteiger partial charge on any atom is 0.335 e. The Hall–Kier alpha value is -2.20. The second kappa shape index (κ2) is 6.30. The summed E-state index contributed by atoms with van der Waals surface area (Å²) < 4.78 is 27.4. The van der Waals surface area contributed by atoms with Crippen molar-refractivity contribution >= 4 is 27.6 Å². The average molecular weight is 303 g/mol. The van der Waals surface area contributed by atoms with Gasteiger partial charge in [0.05, 0.1) is 10.5 Å². The summed E-state index contributed by atoms with van der Waals surface area (Å²) in [5.41, 5.74) is -1.24. The van der Waals surface area contributed by atoms with Crippen LogP contribution in [0.2, 0.25) is 0 Å². The van der Waals surface area contributed by atoms with Crippen LogP contribution in [0.1, 0.15) is 23.7 Å². The van der Waals surface area contributed by atoms with Gasteiger partial charge in [0.15, 0.2) is 0 Å². The molecule has 0 atom stereocenters. The summed E-state index contributed by atoms with van der Waals surface area (Å²) in [6.07, 6.45) is 0.557. The van der Waals surface area contributed by atoms with Crippen LogP contribution in [-0.2, 0) is 10.2 Å². The molecule has 110 valence electrons. The second-order valence-electron chi connectivity index (χ2n) is 3.79. The van der Waals surface area contributed by atoms with Gasteiger partial charge < -0.3 is 5.11 Å². The van der Waals surface area contributed by atoms with E-state index in [0.717, 1.165) is 18.2 Å². The molecule has 0 bridgehead atoms. The number of nitrogens with zero attached hydrogens (tertiary/aromatic N) is 1. The van der Waals surface area contributed by atoms with Gasteiger partial charge in [0.25, 0.3) is 15.9 Å². The van der Waals surface area contributed by atoms with Gasteiger partial charge in [0.1, 0.15) is 5.69 Å². The van der Waals surface area contributed by atoms with Gasteiger partial charge in [-0.3, -0.25) is 14.8 Å². The van der Waals surface area contributed by atoms with Crippen molar-refractivity contribution < 1.29 is 23.2 Å². The average Bonchev–Trinajstić information content (AvgIpc) is 2.36. The smallest absolute Gasteiger partial charge is 0.335 e. The summed E-state index contributed by atoms with van der Waals surface area (Å²) in [6, 6.07) is 2.90. The zero-order chi connectivity index (χ0) is 15.3. The molecule has 10 heteroatoms. The Kier molecular flexibility index (Phi) is 5.00. The number of nitro groups is 1. The minimum absolute atomic E-state index is 0.177. The van der Waals surface area contributed by atoms with Crippen LogP contribution in [0.3, 0.4) is 0 Å². The largest absolute Gasteiger partial charge is 0.478 e. The summed E-state index contributed by atoms with van der Waals surface area (Å²) in [5.74, 6) is -1.34. The van der Waals surface area contributed by atoms with Crippen LogP contribution in [0, 0.1) is 10.1 Å². The number of rotatable bonds is 7. The Morgan fingerprint density at radius 3 is 2.60 bits per heavy atom. The standard InChI is InChI=1S/C10H13N3O6S/c1-2-5-11-20(18,19)12-8-4-3-7(10(14)15)6-9(8)13(16)17/h3-4,6,11-12H,2,5H2,1H3,(H,14,15). The molecular weight excluding hydrogens is 290 g/mol. The first-order valence-electron chi connectivity index (χ1n) is 5.56. The topological polar surface area (TPSA) is 139 Å². The number of nitrogens with one attached hydrogen (secondary N) is 2. The fraction of sp³-hybridized carbons (Fsp3) is 0.300. The maximum atomic E-state index is 11.6. The Morgan fingerprint density at radius 1 is 1.45 bits per heavy atom. The van der Waals surface area contributed by atoms with Gasteiger partial charge in [-0.05, 0) is 18.6 Å². The number of hydrogen-bond donors (Lipinski definition) is 3. The van der Waals surface area contributed by atoms with Crippen molar-refractivity contribution in [3.8, 4) is 0 Å². The van der Waals surface area contributed by atoms with Crippen molar-refractivity contribution in [3.63, 3.8) is 0 Å². The summed E-state index contributed by atoms with van der Waals surface area (Å²) in [4.78, 5) is 20.7. The highest BCUT2D eigenvalue weighted by Crippen LogP contribution is 2.26. The number of benzene rings is 1. The molecule has 0 spiro atoms. The normalized spacial score (nSPS) is 11.1. The number of carbonyl (C=O) groups is 1. The van der Waals surface area contributed by atoms with Gasteiger partial charge in [-0.25, -0.2) is 4.79 Å². The number of carboxylic acid groups (broad SMARTS) is 1. The quantitative estimate of drug-likeness (QED) is 0.506. The number of hydrogen-bond acceptors (Lipinski definition) is 5.